The largest absolute Gasteiger partial charge is 0.444 e. The molecule has 0 unspecified atom stereocenters. The molecule has 84 valence electrons. The molecule has 5 nitrogen and oxygen atoms in total. The van der Waals surface area contributed by atoms with Crippen molar-refractivity contribution in [3.63, 3.8) is 0 Å². The molecule has 0 aliphatic rings. The van der Waals surface area contributed by atoms with Crippen molar-refractivity contribution in [2.75, 3.05) is 13.7 Å². The molecule has 0 rings (SSSR count). The Bertz CT molecular complexity index is 185. The maximum Gasteiger partial charge on any atom is 0.405 e. The van der Waals surface area contributed by atoms with Gasteiger partial charge in [-0.1, -0.05) is 0 Å². The Hall–Kier alpha value is -1.10. The number of ether oxygens (including phenoxy) is 2. The Balaban J connectivity index is 0. The number of rotatable bonds is 2. The molecule has 0 radical (unpaired) electrons. The summed E-state index contributed by atoms with van der Waals surface area (Å²) >= 11 is 0. The van der Waals surface area contributed by atoms with Gasteiger partial charge < -0.3 is 20.6 Å². The molecule has 0 fully saturated rings. The van der Waals surface area contributed by atoms with Gasteiger partial charge in [0.05, 0.1) is 6.61 Å². The van der Waals surface area contributed by atoms with Crippen molar-refractivity contribution in [1.82, 2.24) is 0 Å². The van der Waals surface area contributed by atoms with E-state index in [0.29, 0.717) is 12.3 Å². The molecule has 0 heterocycles. The summed E-state index contributed by atoms with van der Waals surface area (Å²) in [6.45, 7) is 7.46. The summed E-state index contributed by atoms with van der Waals surface area (Å²) in [4.78, 5) is 10.0. The van der Waals surface area contributed by atoms with Crippen molar-refractivity contribution in [3.8, 4) is 0 Å². The van der Waals surface area contributed by atoms with Crippen LogP contribution in [0.25, 0.3) is 0 Å². The van der Waals surface area contributed by atoms with Gasteiger partial charge in [0.2, 0.25) is 0 Å². The van der Waals surface area contributed by atoms with E-state index in [2.05, 4.69) is 9.47 Å². The number of carbonyl (C=O) groups excluding carboxylic acids is 1. The maximum atomic E-state index is 10.0. The Morgan fingerprint density at radius 1 is 1.43 bits per heavy atom. The van der Waals surface area contributed by atoms with Crippen LogP contribution in [0, 0.1) is 5.41 Å². The van der Waals surface area contributed by atoms with E-state index >= 15 is 0 Å². The second-order valence-electron chi connectivity index (χ2n) is 3.75. The normalized spacial score (nSPS) is 9.79. The predicted octanol–water partition coefficient (Wildman–Crippen LogP) is 1.55. The van der Waals surface area contributed by atoms with E-state index in [1.807, 2.05) is 0 Å². The van der Waals surface area contributed by atoms with Crippen LogP contribution in [-0.2, 0) is 9.47 Å². The number of nitrogens with one attached hydrogen (secondary N) is 1. The van der Waals surface area contributed by atoms with E-state index in [1.54, 1.807) is 34.8 Å². The van der Waals surface area contributed by atoms with Crippen LogP contribution in [0.1, 0.15) is 27.7 Å². The highest BCUT2D eigenvalue weighted by Gasteiger charge is 2.12. The van der Waals surface area contributed by atoms with E-state index < -0.39 is 11.7 Å². The lowest BCUT2D eigenvalue weighted by molar-refractivity contribution is 0.0600. The van der Waals surface area contributed by atoms with Gasteiger partial charge in [-0.2, -0.15) is 0 Å². The third kappa shape index (κ3) is 22.4. The fourth-order valence-corrected chi connectivity index (χ4v) is 0.518. The van der Waals surface area contributed by atoms with E-state index in [0.717, 1.165) is 0 Å². The average Bonchev–Trinajstić information content (AvgIpc) is 1.80. The summed E-state index contributed by atoms with van der Waals surface area (Å²) in [6.07, 6.45) is -0.725. The van der Waals surface area contributed by atoms with Gasteiger partial charge in [0, 0.05) is 12.8 Å². The van der Waals surface area contributed by atoms with Gasteiger partial charge in [0.25, 0.3) is 0 Å². The van der Waals surface area contributed by atoms with Crippen LogP contribution in [0.5, 0.6) is 0 Å². The van der Waals surface area contributed by atoms with Crippen LogP contribution in [-0.4, -0.2) is 31.1 Å². The minimum absolute atomic E-state index is 0.453. The fourth-order valence-electron chi connectivity index (χ4n) is 0.518. The molecule has 0 aliphatic carbocycles. The molecule has 14 heavy (non-hydrogen) atoms. The molecule has 0 spiro atoms. The minimum Gasteiger partial charge on any atom is -0.444 e. The number of hydrogen-bond acceptors (Lipinski definition) is 4. The molecule has 1 amide bonds. The molecule has 0 bridgehead atoms. The highest BCUT2D eigenvalue weighted by Crippen LogP contribution is 2.04. The van der Waals surface area contributed by atoms with Crippen LogP contribution in [0.2, 0.25) is 0 Å². The highest BCUT2D eigenvalue weighted by molar-refractivity contribution is 5.79. The van der Waals surface area contributed by atoms with E-state index in [9.17, 15) is 4.79 Å². The number of carbonyl (C=O) groups is 1. The molecule has 0 aromatic heterocycles. The van der Waals surface area contributed by atoms with Gasteiger partial charge in [-0.3, -0.25) is 0 Å². The molecule has 0 saturated heterocycles. The average molecular weight is 204 g/mol. The lowest BCUT2D eigenvalue weighted by Gasteiger charge is -2.16. The third-order valence-corrected chi connectivity index (χ3v) is 0.768. The zero-order valence-electron chi connectivity index (χ0n) is 9.51. The van der Waals surface area contributed by atoms with Crippen LogP contribution >= 0.6 is 0 Å². The summed E-state index contributed by atoms with van der Waals surface area (Å²) in [5, 5.41) is 6.77. The fraction of sp³-hybridized carbons (Fsp3) is 0.778. The molecule has 0 saturated carbocycles. The number of nitrogens with two attached hydrogens (primary N) is 1. The first kappa shape index (κ1) is 15.4. The highest BCUT2D eigenvalue weighted by atomic mass is 16.6. The molecular formula is C9H20N2O3. The SMILES string of the molecule is CC(C)(C)OC(N)=O.COCC(C)=N. The Morgan fingerprint density at radius 3 is 1.86 bits per heavy atom. The van der Waals surface area contributed by atoms with Crippen LogP contribution in [0.4, 0.5) is 4.79 Å². The van der Waals surface area contributed by atoms with Crippen molar-refractivity contribution in [1.29, 1.82) is 5.41 Å². The number of hydrogen-bond donors (Lipinski definition) is 2. The van der Waals surface area contributed by atoms with Crippen LogP contribution in [0.3, 0.4) is 0 Å². The lowest BCUT2D eigenvalue weighted by atomic mass is 10.2. The molecule has 0 aromatic rings. The van der Waals surface area contributed by atoms with Gasteiger partial charge in [0.1, 0.15) is 5.60 Å². The second kappa shape index (κ2) is 7.32. The topological polar surface area (TPSA) is 85.4 Å². The standard InChI is InChI=1S/C5H11NO2.C4H9NO/c1-5(2,3)8-4(6)7;1-4(5)3-6-2/h1-3H3,(H2,6,7);5H,3H2,1-2H3. The minimum atomic E-state index is -0.725. The van der Waals surface area contributed by atoms with Gasteiger partial charge in [-0.05, 0) is 27.7 Å². The van der Waals surface area contributed by atoms with Crippen molar-refractivity contribution in [3.05, 3.63) is 0 Å². The molecule has 5 heteroatoms. The van der Waals surface area contributed by atoms with Gasteiger partial charge >= 0.3 is 6.09 Å². The predicted molar refractivity (Wildman–Crippen MR) is 55.7 cm³/mol. The third-order valence-electron chi connectivity index (χ3n) is 0.768. The number of amides is 1. The maximum absolute atomic E-state index is 10.0. The van der Waals surface area contributed by atoms with Gasteiger partial charge in [-0.25, -0.2) is 4.79 Å². The van der Waals surface area contributed by atoms with Gasteiger partial charge in [0.15, 0.2) is 0 Å². The first-order chi connectivity index (χ1) is 6.19. The monoisotopic (exact) mass is 204 g/mol. The molecule has 0 aromatic carbocycles. The van der Waals surface area contributed by atoms with Crippen LogP contribution < -0.4 is 5.73 Å². The number of methoxy groups -OCH3 is 1. The zero-order chi connectivity index (χ0) is 11.8. The Labute approximate surface area is 85.1 Å². The van der Waals surface area contributed by atoms with E-state index in [1.165, 1.54) is 0 Å². The molecule has 0 atom stereocenters. The first-order valence-electron chi connectivity index (χ1n) is 4.20. The van der Waals surface area contributed by atoms with Crippen molar-refractivity contribution >= 4 is 11.8 Å². The molecule has 3 N–H and O–H groups in total. The van der Waals surface area contributed by atoms with Crippen molar-refractivity contribution in [2.24, 2.45) is 5.73 Å². The van der Waals surface area contributed by atoms with E-state index in [-0.39, 0.29) is 0 Å². The first-order valence-corrected chi connectivity index (χ1v) is 4.20. The van der Waals surface area contributed by atoms with Crippen LogP contribution in [0.15, 0.2) is 0 Å². The summed E-state index contributed by atoms with van der Waals surface area (Å²) in [5.74, 6) is 0. The quantitative estimate of drug-likeness (QED) is 0.669. The zero-order valence-corrected chi connectivity index (χ0v) is 9.51. The van der Waals surface area contributed by atoms with E-state index in [4.69, 9.17) is 11.1 Å². The van der Waals surface area contributed by atoms with Crippen molar-refractivity contribution < 1.29 is 14.3 Å². The number of primary amides is 1. The Morgan fingerprint density at radius 2 is 1.86 bits per heavy atom. The lowest BCUT2D eigenvalue weighted by Crippen LogP contribution is -2.27. The summed E-state index contributed by atoms with van der Waals surface area (Å²) in [6, 6.07) is 0. The van der Waals surface area contributed by atoms with Gasteiger partial charge in [-0.15, -0.1) is 0 Å². The molecular weight excluding hydrogens is 184 g/mol. The second-order valence-corrected chi connectivity index (χ2v) is 3.75. The van der Waals surface area contributed by atoms with Crippen molar-refractivity contribution in [2.45, 2.75) is 33.3 Å². The Kier molecular flexibility index (Phi) is 8.04. The summed E-state index contributed by atoms with van der Waals surface area (Å²) < 4.78 is 9.16. The summed E-state index contributed by atoms with van der Waals surface area (Å²) in [7, 11) is 1.58. The molecule has 0 aliphatic heterocycles. The summed E-state index contributed by atoms with van der Waals surface area (Å²) in [5.41, 5.74) is 4.83. The smallest absolute Gasteiger partial charge is 0.405 e.